The zero-order valence-corrected chi connectivity index (χ0v) is 9.45. The highest BCUT2D eigenvalue weighted by Gasteiger charge is 2.15. The molecule has 0 heterocycles. The molecule has 0 fully saturated rings. The molecule has 0 saturated carbocycles. The summed E-state index contributed by atoms with van der Waals surface area (Å²) in [7, 11) is 0. The molecule has 3 nitrogen and oxygen atoms in total. The van der Waals surface area contributed by atoms with Crippen LogP contribution in [0.25, 0.3) is 0 Å². The van der Waals surface area contributed by atoms with Gasteiger partial charge in [-0.15, -0.1) is 0 Å². The van der Waals surface area contributed by atoms with E-state index in [1.807, 2.05) is 0 Å². The Kier molecular flexibility index (Phi) is 3.41. The Labute approximate surface area is 106 Å². The van der Waals surface area contributed by atoms with Crippen molar-refractivity contribution in [1.82, 2.24) is 0 Å². The number of rotatable bonds is 3. The van der Waals surface area contributed by atoms with Crippen molar-refractivity contribution in [3.05, 3.63) is 59.4 Å². The van der Waals surface area contributed by atoms with E-state index in [1.165, 1.54) is 12.1 Å². The molecule has 0 aliphatic heterocycles. The molecule has 0 bridgehead atoms. The second-order valence-electron chi connectivity index (χ2n) is 3.72. The predicted octanol–water partition coefficient (Wildman–Crippen LogP) is 3.55. The summed E-state index contributed by atoms with van der Waals surface area (Å²) >= 11 is 0. The van der Waals surface area contributed by atoms with E-state index < -0.39 is 23.4 Å². The summed E-state index contributed by atoms with van der Waals surface area (Å²) in [5.41, 5.74) is -0.932. The quantitative estimate of drug-likeness (QED) is 0.894. The molecule has 0 amide bonds. The summed E-state index contributed by atoms with van der Waals surface area (Å²) < 4.78 is 39.8. The maximum Gasteiger partial charge on any atom is 0.337 e. The van der Waals surface area contributed by atoms with Crippen LogP contribution in [-0.4, -0.2) is 11.1 Å². The number of carbonyl (C=O) groups is 1. The molecular weight excluding hydrogens is 259 g/mol. The lowest BCUT2D eigenvalue weighted by molar-refractivity contribution is 0.0697. The van der Waals surface area contributed by atoms with Crippen LogP contribution in [0.3, 0.4) is 0 Å². The molecule has 2 aromatic rings. The number of halogens is 3. The Hall–Kier alpha value is -2.50. The maximum atomic E-state index is 13.6. The van der Waals surface area contributed by atoms with E-state index in [1.54, 1.807) is 0 Å². The van der Waals surface area contributed by atoms with E-state index in [0.29, 0.717) is 6.07 Å². The Bertz CT molecular complexity index is 644. The number of para-hydroxylation sites is 1. The zero-order valence-electron chi connectivity index (χ0n) is 9.45. The highest BCUT2D eigenvalue weighted by molar-refractivity contribution is 5.95. The number of carboxylic acid groups (broad SMARTS) is 1. The van der Waals surface area contributed by atoms with Gasteiger partial charge in [0.1, 0.15) is 17.5 Å². The molecule has 0 aromatic heterocycles. The van der Waals surface area contributed by atoms with Crippen LogP contribution in [0.4, 0.5) is 24.5 Å². The van der Waals surface area contributed by atoms with Gasteiger partial charge in [0.25, 0.3) is 0 Å². The molecule has 2 aromatic carbocycles. The second-order valence-corrected chi connectivity index (χ2v) is 3.72. The highest BCUT2D eigenvalue weighted by Crippen LogP contribution is 2.26. The fourth-order valence-corrected chi connectivity index (χ4v) is 1.55. The highest BCUT2D eigenvalue weighted by atomic mass is 19.1. The van der Waals surface area contributed by atoms with Crippen molar-refractivity contribution in [2.24, 2.45) is 0 Å². The van der Waals surface area contributed by atoms with Gasteiger partial charge in [-0.2, -0.15) is 0 Å². The van der Waals surface area contributed by atoms with Gasteiger partial charge < -0.3 is 10.4 Å². The molecule has 98 valence electrons. The number of anilines is 2. The lowest BCUT2D eigenvalue weighted by atomic mass is 10.1. The molecule has 0 aliphatic carbocycles. The SMILES string of the molecule is O=C(O)c1cccc(F)c1Nc1ccc(F)cc1F. The van der Waals surface area contributed by atoms with E-state index in [9.17, 15) is 18.0 Å². The Morgan fingerprint density at radius 1 is 1.05 bits per heavy atom. The van der Waals surface area contributed by atoms with Gasteiger partial charge in [-0.3, -0.25) is 0 Å². The standard InChI is InChI=1S/C13H8F3NO2/c14-7-4-5-11(10(16)6-7)17-12-8(13(18)19)2-1-3-9(12)15/h1-6,17H,(H,18,19). The summed E-state index contributed by atoms with van der Waals surface area (Å²) in [5, 5.41) is 11.2. The van der Waals surface area contributed by atoms with Crippen molar-refractivity contribution in [2.45, 2.75) is 0 Å². The summed E-state index contributed by atoms with van der Waals surface area (Å²) in [6, 6.07) is 6.09. The number of benzene rings is 2. The first-order valence-electron chi connectivity index (χ1n) is 5.23. The van der Waals surface area contributed by atoms with Crippen molar-refractivity contribution >= 4 is 17.3 Å². The number of hydrogen-bond acceptors (Lipinski definition) is 2. The Morgan fingerprint density at radius 2 is 1.79 bits per heavy atom. The maximum absolute atomic E-state index is 13.6. The number of aromatic carboxylic acids is 1. The van der Waals surface area contributed by atoms with Crippen LogP contribution in [-0.2, 0) is 0 Å². The summed E-state index contributed by atoms with van der Waals surface area (Å²) in [6.45, 7) is 0. The first kappa shape index (κ1) is 12.9. The summed E-state index contributed by atoms with van der Waals surface area (Å²) in [5.74, 6) is -3.93. The molecule has 19 heavy (non-hydrogen) atoms. The van der Waals surface area contributed by atoms with Gasteiger partial charge in [-0.05, 0) is 24.3 Å². The third-order valence-electron chi connectivity index (χ3n) is 2.43. The van der Waals surface area contributed by atoms with Crippen molar-refractivity contribution in [2.75, 3.05) is 5.32 Å². The first-order chi connectivity index (χ1) is 8.99. The minimum Gasteiger partial charge on any atom is -0.478 e. The van der Waals surface area contributed by atoms with Gasteiger partial charge in [0, 0.05) is 6.07 Å². The Balaban J connectivity index is 2.46. The van der Waals surface area contributed by atoms with Gasteiger partial charge in [0.2, 0.25) is 0 Å². The smallest absolute Gasteiger partial charge is 0.337 e. The lowest BCUT2D eigenvalue weighted by Gasteiger charge is -2.11. The van der Waals surface area contributed by atoms with Gasteiger partial charge in [-0.1, -0.05) is 6.07 Å². The molecule has 0 unspecified atom stereocenters. The molecule has 0 saturated heterocycles. The third kappa shape index (κ3) is 2.67. The van der Waals surface area contributed by atoms with Crippen LogP contribution in [0.5, 0.6) is 0 Å². The number of carboxylic acids is 1. The van der Waals surface area contributed by atoms with Crippen molar-refractivity contribution in [3.63, 3.8) is 0 Å². The number of nitrogens with one attached hydrogen (secondary N) is 1. The average molecular weight is 267 g/mol. The van der Waals surface area contributed by atoms with E-state index in [0.717, 1.165) is 18.2 Å². The largest absolute Gasteiger partial charge is 0.478 e. The first-order valence-corrected chi connectivity index (χ1v) is 5.23. The van der Waals surface area contributed by atoms with Gasteiger partial charge >= 0.3 is 5.97 Å². The van der Waals surface area contributed by atoms with E-state index in [-0.39, 0.29) is 16.9 Å². The molecule has 0 aliphatic rings. The topological polar surface area (TPSA) is 49.3 Å². The third-order valence-corrected chi connectivity index (χ3v) is 2.43. The monoisotopic (exact) mass is 267 g/mol. The van der Waals surface area contributed by atoms with Gasteiger partial charge in [-0.25, -0.2) is 18.0 Å². The fraction of sp³-hybridized carbons (Fsp3) is 0. The minimum atomic E-state index is -1.36. The molecular formula is C13H8F3NO2. The Morgan fingerprint density at radius 3 is 2.42 bits per heavy atom. The van der Waals surface area contributed by atoms with Crippen LogP contribution in [0.2, 0.25) is 0 Å². The molecule has 0 atom stereocenters. The molecule has 2 rings (SSSR count). The second kappa shape index (κ2) is 5.01. The molecule has 0 radical (unpaired) electrons. The lowest BCUT2D eigenvalue weighted by Crippen LogP contribution is -2.05. The van der Waals surface area contributed by atoms with Crippen LogP contribution >= 0.6 is 0 Å². The minimum absolute atomic E-state index is 0.214. The van der Waals surface area contributed by atoms with Crippen LogP contribution < -0.4 is 5.32 Å². The van der Waals surface area contributed by atoms with Crippen LogP contribution in [0.1, 0.15) is 10.4 Å². The zero-order chi connectivity index (χ0) is 14.0. The van der Waals surface area contributed by atoms with E-state index in [4.69, 9.17) is 5.11 Å². The summed E-state index contributed by atoms with van der Waals surface area (Å²) in [6.07, 6.45) is 0. The molecule has 6 heteroatoms. The van der Waals surface area contributed by atoms with Crippen molar-refractivity contribution < 1.29 is 23.1 Å². The van der Waals surface area contributed by atoms with Crippen molar-refractivity contribution in [1.29, 1.82) is 0 Å². The van der Waals surface area contributed by atoms with Gasteiger partial charge in [0.05, 0.1) is 16.9 Å². The van der Waals surface area contributed by atoms with Crippen LogP contribution in [0, 0.1) is 17.5 Å². The van der Waals surface area contributed by atoms with Crippen LogP contribution in [0.15, 0.2) is 36.4 Å². The average Bonchev–Trinajstić information content (AvgIpc) is 2.34. The summed E-state index contributed by atoms with van der Waals surface area (Å²) in [4.78, 5) is 10.9. The fourth-order valence-electron chi connectivity index (χ4n) is 1.55. The number of hydrogen-bond donors (Lipinski definition) is 2. The van der Waals surface area contributed by atoms with Gasteiger partial charge in [0.15, 0.2) is 0 Å². The normalized spacial score (nSPS) is 10.3. The molecule has 2 N–H and O–H groups in total. The predicted molar refractivity (Wildman–Crippen MR) is 63.0 cm³/mol. The van der Waals surface area contributed by atoms with E-state index >= 15 is 0 Å². The van der Waals surface area contributed by atoms with E-state index in [2.05, 4.69) is 5.32 Å². The molecule has 0 spiro atoms. The van der Waals surface area contributed by atoms with Crippen molar-refractivity contribution in [3.8, 4) is 0 Å².